The Morgan fingerprint density at radius 2 is 2.05 bits per heavy atom. The van der Waals surface area contributed by atoms with Crippen molar-refractivity contribution in [3.05, 3.63) is 0 Å². The summed E-state index contributed by atoms with van der Waals surface area (Å²) in [6, 6.07) is 0.166. The molecule has 4 heteroatoms. The lowest BCUT2D eigenvalue weighted by Gasteiger charge is -2.40. The van der Waals surface area contributed by atoms with E-state index in [0.29, 0.717) is 18.8 Å². The Kier molecular flexibility index (Phi) is 4.11. The second kappa shape index (κ2) is 5.84. The lowest BCUT2D eigenvalue weighted by atomic mass is 9.87. The smallest absolute Gasteiger partial charge is 0.228 e. The van der Waals surface area contributed by atoms with Gasteiger partial charge >= 0.3 is 0 Å². The molecule has 1 saturated carbocycles. The Balaban J connectivity index is 1.74. The van der Waals surface area contributed by atoms with Crippen LogP contribution in [0.2, 0.25) is 0 Å². The molecular weight excluding hydrogens is 254 g/mol. The van der Waals surface area contributed by atoms with Gasteiger partial charge in [-0.25, -0.2) is 0 Å². The number of carbonyl (C=O) groups is 2. The molecule has 1 aliphatic carbocycles. The number of piperidine rings is 1. The third kappa shape index (κ3) is 2.50. The van der Waals surface area contributed by atoms with E-state index in [1.54, 1.807) is 0 Å². The minimum absolute atomic E-state index is 0.00658. The summed E-state index contributed by atoms with van der Waals surface area (Å²) < 4.78 is 5.54. The summed E-state index contributed by atoms with van der Waals surface area (Å²) >= 11 is 0. The fraction of sp³-hybridized carbons (Fsp3) is 0.875. The Morgan fingerprint density at radius 1 is 1.20 bits per heavy atom. The molecule has 0 spiro atoms. The van der Waals surface area contributed by atoms with E-state index in [1.807, 2.05) is 11.8 Å². The van der Waals surface area contributed by atoms with Crippen molar-refractivity contribution in [2.24, 2.45) is 11.8 Å². The van der Waals surface area contributed by atoms with Gasteiger partial charge in [0.1, 0.15) is 5.78 Å². The molecule has 20 heavy (non-hydrogen) atoms. The molecule has 0 aromatic rings. The predicted molar refractivity (Wildman–Crippen MR) is 75.2 cm³/mol. The van der Waals surface area contributed by atoms with Gasteiger partial charge in [0.05, 0.1) is 12.0 Å². The van der Waals surface area contributed by atoms with E-state index in [4.69, 9.17) is 4.74 Å². The maximum atomic E-state index is 12.8. The summed E-state index contributed by atoms with van der Waals surface area (Å²) in [5, 5.41) is 0. The van der Waals surface area contributed by atoms with E-state index in [-0.39, 0.29) is 29.9 Å². The van der Waals surface area contributed by atoms with E-state index in [1.165, 1.54) is 0 Å². The summed E-state index contributed by atoms with van der Waals surface area (Å²) in [6.45, 7) is 3.52. The molecule has 0 N–H and O–H groups in total. The number of rotatable bonds is 2. The quantitative estimate of drug-likeness (QED) is 0.778. The fourth-order valence-corrected chi connectivity index (χ4v) is 4.17. The second-order valence-corrected chi connectivity index (χ2v) is 6.53. The van der Waals surface area contributed by atoms with E-state index in [0.717, 1.165) is 45.1 Å². The molecule has 4 nitrogen and oxygen atoms in total. The summed E-state index contributed by atoms with van der Waals surface area (Å²) in [4.78, 5) is 26.9. The number of hydrogen-bond acceptors (Lipinski definition) is 3. The highest BCUT2D eigenvalue weighted by atomic mass is 16.5. The van der Waals surface area contributed by atoms with Crippen LogP contribution in [0.25, 0.3) is 0 Å². The topological polar surface area (TPSA) is 46.6 Å². The number of ketones is 1. The van der Waals surface area contributed by atoms with Crippen molar-refractivity contribution in [1.82, 2.24) is 4.90 Å². The number of likely N-dealkylation sites (tertiary alicyclic amines) is 1. The SMILES string of the molecule is CC1OCCC1C(=O)N1CCCCC1C1CCCC1=O. The normalized spacial score (nSPS) is 38.5. The molecule has 4 unspecified atom stereocenters. The van der Waals surface area contributed by atoms with Gasteiger partial charge in [-0.05, 0) is 45.4 Å². The molecule has 0 aromatic carbocycles. The van der Waals surface area contributed by atoms with Crippen LogP contribution in [0.4, 0.5) is 0 Å². The van der Waals surface area contributed by atoms with Crippen molar-refractivity contribution < 1.29 is 14.3 Å². The zero-order chi connectivity index (χ0) is 14.1. The summed E-state index contributed by atoms with van der Waals surface area (Å²) in [5.74, 6) is 0.730. The van der Waals surface area contributed by atoms with E-state index >= 15 is 0 Å². The average Bonchev–Trinajstić information content (AvgIpc) is 3.06. The predicted octanol–water partition coefficient (Wildman–Crippen LogP) is 2.16. The van der Waals surface area contributed by atoms with Crippen LogP contribution in [-0.2, 0) is 14.3 Å². The number of hydrogen-bond donors (Lipinski definition) is 0. The van der Waals surface area contributed by atoms with Crippen LogP contribution in [0, 0.1) is 11.8 Å². The van der Waals surface area contributed by atoms with Gasteiger partial charge < -0.3 is 9.64 Å². The van der Waals surface area contributed by atoms with Crippen LogP contribution in [0.3, 0.4) is 0 Å². The van der Waals surface area contributed by atoms with Crippen molar-refractivity contribution in [2.45, 2.75) is 64.0 Å². The second-order valence-electron chi connectivity index (χ2n) is 6.53. The molecule has 2 aliphatic heterocycles. The first-order chi connectivity index (χ1) is 9.68. The molecule has 3 fully saturated rings. The van der Waals surface area contributed by atoms with Crippen LogP contribution in [0.15, 0.2) is 0 Å². The maximum absolute atomic E-state index is 12.8. The van der Waals surface area contributed by atoms with Gasteiger partial charge in [0.15, 0.2) is 0 Å². The first kappa shape index (κ1) is 14.1. The van der Waals surface area contributed by atoms with Crippen LogP contribution >= 0.6 is 0 Å². The van der Waals surface area contributed by atoms with Gasteiger partial charge in [0.25, 0.3) is 0 Å². The van der Waals surface area contributed by atoms with Crippen molar-refractivity contribution >= 4 is 11.7 Å². The van der Waals surface area contributed by atoms with Gasteiger partial charge in [-0.1, -0.05) is 0 Å². The number of ether oxygens (including phenoxy) is 1. The lowest BCUT2D eigenvalue weighted by molar-refractivity contribution is -0.143. The highest BCUT2D eigenvalue weighted by molar-refractivity contribution is 5.85. The van der Waals surface area contributed by atoms with Crippen LogP contribution in [-0.4, -0.2) is 41.9 Å². The van der Waals surface area contributed by atoms with E-state index in [2.05, 4.69) is 0 Å². The average molecular weight is 279 g/mol. The maximum Gasteiger partial charge on any atom is 0.228 e. The zero-order valence-corrected chi connectivity index (χ0v) is 12.3. The van der Waals surface area contributed by atoms with Crippen LogP contribution in [0.5, 0.6) is 0 Å². The highest BCUT2D eigenvalue weighted by Crippen LogP contribution is 2.34. The van der Waals surface area contributed by atoms with Crippen LogP contribution in [0.1, 0.15) is 51.9 Å². The minimum Gasteiger partial charge on any atom is -0.378 e. The summed E-state index contributed by atoms with van der Waals surface area (Å²) in [6.07, 6.45) is 6.79. The highest BCUT2D eigenvalue weighted by Gasteiger charge is 2.42. The Bertz CT molecular complexity index is 395. The number of Topliss-reactive ketones (excluding diaryl/α,β-unsaturated/α-hetero) is 1. The third-order valence-electron chi connectivity index (χ3n) is 5.34. The third-order valence-corrected chi connectivity index (χ3v) is 5.34. The number of amides is 1. The van der Waals surface area contributed by atoms with Crippen molar-refractivity contribution in [1.29, 1.82) is 0 Å². The van der Waals surface area contributed by atoms with E-state index < -0.39 is 0 Å². The molecule has 0 bridgehead atoms. The molecule has 3 rings (SSSR count). The molecule has 1 amide bonds. The molecule has 3 aliphatic rings. The monoisotopic (exact) mass is 279 g/mol. The van der Waals surface area contributed by atoms with Crippen molar-refractivity contribution in [2.75, 3.05) is 13.2 Å². The molecule has 4 atom stereocenters. The van der Waals surface area contributed by atoms with Gasteiger partial charge in [-0.15, -0.1) is 0 Å². The molecule has 0 radical (unpaired) electrons. The fourth-order valence-electron chi connectivity index (χ4n) is 4.17. The minimum atomic E-state index is 0.00658. The molecule has 2 saturated heterocycles. The number of nitrogens with zero attached hydrogens (tertiary/aromatic N) is 1. The first-order valence-corrected chi connectivity index (χ1v) is 8.13. The Hall–Kier alpha value is -0.900. The zero-order valence-electron chi connectivity index (χ0n) is 12.3. The summed E-state index contributed by atoms with van der Waals surface area (Å²) in [7, 11) is 0. The first-order valence-electron chi connectivity index (χ1n) is 8.13. The molecule has 0 aromatic heterocycles. The molecule has 112 valence electrons. The Labute approximate surface area is 120 Å². The number of carbonyl (C=O) groups excluding carboxylic acids is 2. The largest absolute Gasteiger partial charge is 0.378 e. The van der Waals surface area contributed by atoms with Gasteiger partial charge in [-0.2, -0.15) is 0 Å². The lowest BCUT2D eigenvalue weighted by Crippen LogP contribution is -2.51. The molecule has 2 heterocycles. The van der Waals surface area contributed by atoms with Crippen LogP contribution < -0.4 is 0 Å². The van der Waals surface area contributed by atoms with Gasteiger partial charge in [-0.3, -0.25) is 9.59 Å². The van der Waals surface area contributed by atoms with Gasteiger partial charge in [0, 0.05) is 31.5 Å². The Morgan fingerprint density at radius 3 is 2.70 bits per heavy atom. The standard InChI is InChI=1S/C16H25NO3/c1-11-12(8-10-20-11)16(19)17-9-3-2-6-14(17)13-5-4-7-15(13)18/h11-14H,2-10H2,1H3. The summed E-state index contributed by atoms with van der Waals surface area (Å²) in [5.41, 5.74) is 0. The van der Waals surface area contributed by atoms with E-state index in [9.17, 15) is 9.59 Å². The van der Waals surface area contributed by atoms with Crippen molar-refractivity contribution in [3.8, 4) is 0 Å². The van der Waals surface area contributed by atoms with Crippen molar-refractivity contribution in [3.63, 3.8) is 0 Å². The molecular formula is C16H25NO3. The van der Waals surface area contributed by atoms with Gasteiger partial charge in [0.2, 0.25) is 5.91 Å².